The van der Waals surface area contributed by atoms with Crippen LogP contribution in [0, 0.1) is 0 Å². The number of aromatic nitrogens is 2. The van der Waals surface area contributed by atoms with Crippen LogP contribution in [0.4, 0.5) is 5.82 Å². The summed E-state index contributed by atoms with van der Waals surface area (Å²) in [4.78, 5) is 11.8. The van der Waals surface area contributed by atoms with E-state index >= 15 is 0 Å². The Morgan fingerprint density at radius 2 is 2.32 bits per heavy atom. The quantitative estimate of drug-likeness (QED) is 0.888. The van der Waals surface area contributed by atoms with E-state index < -0.39 is 5.91 Å². The number of halogens is 1. The summed E-state index contributed by atoms with van der Waals surface area (Å²) in [5.74, 6) is -0.430. The lowest BCUT2D eigenvalue weighted by atomic mass is 10.1. The number of carbonyl (C=O) groups excluding carboxylic acids is 1. The topological polar surface area (TPSA) is 94.0 Å². The minimum absolute atomic E-state index is 0.00190. The molecule has 19 heavy (non-hydrogen) atoms. The van der Waals surface area contributed by atoms with Crippen LogP contribution in [0.2, 0.25) is 5.02 Å². The molecule has 1 heterocycles. The molecule has 1 atom stereocenters. The number of carbonyl (C=O) groups is 1. The van der Waals surface area contributed by atoms with Gasteiger partial charge in [-0.3, -0.25) is 4.79 Å². The highest BCUT2D eigenvalue weighted by Gasteiger charge is 2.17. The molecule has 1 unspecified atom stereocenters. The van der Waals surface area contributed by atoms with Crippen molar-refractivity contribution in [3.8, 4) is 0 Å². The Kier molecular flexibility index (Phi) is 4.01. The maximum Gasteiger partial charge on any atom is 0.277 e. The summed E-state index contributed by atoms with van der Waals surface area (Å²) in [7, 11) is 0. The highest BCUT2D eigenvalue weighted by Crippen LogP contribution is 2.12. The maximum atomic E-state index is 11.8. The predicted octanol–water partition coefficient (Wildman–Crippen LogP) is 1.67. The Hall–Kier alpha value is -2.08. The second kappa shape index (κ2) is 5.71. The van der Waals surface area contributed by atoms with Crippen LogP contribution in [-0.4, -0.2) is 22.3 Å². The van der Waals surface area contributed by atoms with E-state index in [4.69, 9.17) is 17.3 Å². The van der Waals surface area contributed by atoms with E-state index in [1.807, 2.05) is 25.1 Å². The van der Waals surface area contributed by atoms with Crippen LogP contribution in [0.1, 0.15) is 23.0 Å². The molecule has 7 heteroatoms. The first-order chi connectivity index (χ1) is 9.06. The minimum Gasteiger partial charge on any atom is -0.379 e. The lowest BCUT2D eigenvalue weighted by molar-refractivity contribution is 0.0931. The molecule has 0 radical (unpaired) electrons. The minimum atomic E-state index is -0.409. The lowest BCUT2D eigenvalue weighted by Crippen LogP contribution is -2.34. The SMILES string of the molecule is CC(Cc1cccc(Cl)c1)NC(=O)c1nonc1N. The van der Waals surface area contributed by atoms with E-state index in [2.05, 4.69) is 20.3 Å². The molecule has 0 saturated carbocycles. The molecule has 3 N–H and O–H groups in total. The van der Waals surface area contributed by atoms with Gasteiger partial charge in [0.15, 0.2) is 0 Å². The monoisotopic (exact) mass is 280 g/mol. The average Bonchev–Trinajstić information content (AvgIpc) is 2.75. The largest absolute Gasteiger partial charge is 0.379 e. The van der Waals surface area contributed by atoms with Gasteiger partial charge in [0.05, 0.1) is 0 Å². The Bertz CT molecular complexity index is 585. The molecule has 0 fully saturated rings. The van der Waals surface area contributed by atoms with Gasteiger partial charge >= 0.3 is 0 Å². The molecule has 0 saturated heterocycles. The van der Waals surface area contributed by atoms with E-state index in [1.54, 1.807) is 6.07 Å². The number of nitrogens with two attached hydrogens (primary N) is 1. The predicted molar refractivity (Wildman–Crippen MR) is 70.8 cm³/mol. The van der Waals surface area contributed by atoms with Gasteiger partial charge in [-0.05, 0) is 41.4 Å². The summed E-state index contributed by atoms with van der Waals surface area (Å²) in [5, 5.41) is 10.2. The van der Waals surface area contributed by atoms with Crippen molar-refractivity contribution in [2.75, 3.05) is 5.73 Å². The van der Waals surface area contributed by atoms with Gasteiger partial charge in [-0.1, -0.05) is 23.7 Å². The first-order valence-corrected chi connectivity index (χ1v) is 6.07. The van der Waals surface area contributed by atoms with E-state index in [-0.39, 0.29) is 17.6 Å². The number of nitrogens with zero attached hydrogens (tertiary/aromatic N) is 2. The zero-order valence-corrected chi connectivity index (χ0v) is 11.0. The number of benzene rings is 1. The highest BCUT2D eigenvalue weighted by atomic mass is 35.5. The molecular weight excluding hydrogens is 268 g/mol. The lowest BCUT2D eigenvalue weighted by Gasteiger charge is -2.13. The molecule has 1 amide bonds. The van der Waals surface area contributed by atoms with Crippen molar-refractivity contribution in [2.45, 2.75) is 19.4 Å². The Labute approximate surface area is 114 Å². The van der Waals surface area contributed by atoms with Crippen molar-refractivity contribution in [1.82, 2.24) is 15.6 Å². The summed E-state index contributed by atoms with van der Waals surface area (Å²) < 4.78 is 4.38. The first-order valence-electron chi connectivity index (χ1n) is 5.69. The molecular formula is C12H13ClN4O2. The van der Waals surface area contributed by atoms with Gasteiger partial charge < -0.3 is 11.1 Å². The summed E-state index contributed by atoms with van der Waals surface area (Å²) >= 11 is 5.90. The van der Waals surface area contributed by atoms with Crippen molar-refractivity contribution in [3.05, 3.63) is 40.5 Å². The molecule has 0 aliphatic carbocycles. The van der Waals surface area contributed by atoms with Gasteiger partial charge in [0.1, 0.15) is 0 Å². The second-order valence-corrected chi connectivity index (χ2v) is 4.64. The molecule has 0 aliphatic rings. The Morgan fingerprint density at radius 3 is 2.95 bits per heavy atom. The summed E-state index contributed by atoms with van der Waals surface area (Å²) in [5.41, 5.74) is 6.48. The van der Waals surface area contributed by atoms with E-state index in [9.17, 15) is 4.79 Å². The van der Waals surface area contributed by atoms with Gasteiger partial charge in [-0.25, -0.2) is 4.63 Å². The molecule has 1 aromatic heterocycles. The van der Waals surface area contributed by atoms with E-state index in [1.165, 1.54) is 0 Å². The molecule has 2 aromatic rings. The molecule has 6 nitrogen and oxygen atoms in total. The Morgan fingerprint density at radius 1 is 1.53 bits per heavy atom. The number of nitrogens with one attached hydrogen (secondary N) is 1. The van der Waals surface area contributed by atoms with Crippen LogP contribution in [-0.2, 0) is 6.42 Å². The molecule has 2 rings (SSSR count). The third-order valence-electron chi connectivity index (χ3n) is 2.54. The Balaban J connectivity index is 1.96. The smallest absolute Gasteiger partial charge is 0.277 e. The van der Waals surface area contributed by atoms with Gasteiger partial charge in [0, 0.05) is 11.1 Å². The standard InChI is InChI=1S/C12H13ClN4O2/c1-7(5-8-3-2-4-9(13)6-8)15-12(18)10-11(14)17-19-16-10/h2-4,6-7H,5H2,1H3,(H2,14,17)(H,15,18). The fraction of sp³-hybridized carbons (Fsp3) is 0.250. The number of amides is 1. The summed E-state index contributed by atoms with van der Waals surface area (Å²) in [6, 6.07) is 7.38. The average molecular weight is 281 g/mol. The van der Waals surface area contributed by atoms with Gasteiger partial charge in [0.25, 0.3) is 5.91 Å². The highest BCUT2D eigenvalue weighted by molar-refractivity contribution is 6.30. The second-order valence-electron chi connectivity index (χ2n) is 4.21. The van der Waals surface area contributed by atoms with Gasteiger partial charge in [0.2, 0.25) is 11.5 Å². The fourth-order valence-corrected chi connectivity index (χ4v) is 1.93. The van der Waals surface area contributed by atoms with Crippen LogP contribution in [0.25, 0.3) is 0 Å². The van der Waals surface area contributed by atoms with E-state index in [0.717, 1.165) is 5.56 Å². The summed E-state index contributed by atoms with van der Waals surface area (Å²) in [6.07, 6.45) is 0.650. The number of hydrogen-bond acceptors (Lipinski definition) is 5. The van der Waals surface area contributed by atoms with E-state index in [0.29, 0.717) is 11.4 Å². The molecule has 0 bridgehead atoms. The third kappa shape index (κ3) is 3.45. The normalized spacial score (nSPS) is 12.1. The van der Waals surface area contributed by atoms with Crippen LogP contribution in [0.5, 0.6) is 0 Å². The molecule has 100 valence electrons. The number of rotatable bonds is 4. The van der Waals surface area contributed by atoms with Gasteiger partial charge in [-0.15, -0.1) is 0 Å². The van der Waals surface area contributed by atoms with Crippen molar-refractivity contribution in [1.29, 1.82) is 0 Å². The number of hydrogen-bond donors (Lipinski definition) is 2. The third-order valence-corrected chi connectivity index (χ3v) is 2.77. The molecule has 1 aromatic carbocycles. The van der Waals surface area contributed by atoms with Crippen LogP contribution >= 0.6 is 11.6 Å². The number of anilines is 1. The fourth-order valence-electron chi connectivity index (χ4n) is 1.71. The van der Waals surface area contributed by atoms with Crippen LogP contribution < -0.4 is 11.1 Å². The van der Waals surface area contributed by atoms with Crippen molar-refractivity contribution < 1.29 is 9.42 Å². The first kappa shape index (κ1) is 13.4. The van der Waals surface area contributed by atoms with Crippen LogP contribution in [0.15, 0.2) is 28.9 Å². The number of nitrogen functional groups attached to an aromatic ring is 1. The molecule has 0 spiro atoms. The van der Waals surface area contributed by atoms with Crippen molar-refractivity contribution in [3.63, 3.8) is 0 Å². The van der Waals surface area contributed by atoms with Crippen molar-refractivity contribution >= 4 is 23.3 Å². The van der Waals surface area contributed by atoms with Gasteiger partial charge in [-0.2, -0.15) is 0 Å². The zero-order chi connectivity index (χ0) is 13.8. The maximum absolute atomic E-state index is 11.8. The zero-order valence-electron chi connectivity index (χ0n) is 10.3. The van der Waals surface area contributed by atoms with Crippen molar-refractivity contribution in [2.24, 2.45) is 0 Å². The summed E-state index contributed by atoms with van der Waals surface area (Å²) in [6.45, 7) is 1.88. The molecule has 0 aliphatic heterocycles. The van der Waals surface area contributed by atoms with Crippen LogP contribution in [0.3, 0.4) is 0 Å².